The summed E-state index contributed by atoms with van der Waals surface area (Å²) in [5.41, 5.74) is 0. The van der Waals surface area contributed by atoms with E-state index in [4.69, 9.17) is 14.2 Å². The Kier molecular flexibility index (Phi) is 52.4. The molecule has 0 aliphatic carbocycles. The summed E-state index contributed by atoms with van der Waals surface area (Å²) in [6.07, 6.45) is 71.4. The minimum absolute atomic E-state index is 0.0931. The number of hydrogen-bond acceptors (Lipinski definition) is 6. The molecule has 0 aromatic rings. The molecule has 0 fully saturated rings. The van der Waals surface area contributed by atoms with Crippen molar-refractivity contribution in [1.29, 1.82) is 0 Å². The van der Waals surface area contributed by atoms with Crippen molar-refractivity contribution in [2.45, 2.75) is 271 Å². The molecule has 0 aromatic heterocycles. The van der Waals surface area contributed by atoms with Crippen LogP contribution < -0.4 is 0 Å². The maximum atomic E-state index is 12.8. The van der Waals surface area contributed by atoms with Gasteiger partial charge in [-0.25, -0.2) is 0 Å². The first kappa shape index (κ1) is 63.6. The Bertz CT molecular complexity index is 1300. The standard InChI is InChI=1S/C61H104O6/c1-4-7-10-13-16-19-22-25-28-30-31-32-34-36-39-42-45-48-51-54-60(63)66-57-58(56-65-59(62)53-50-47-44-41-38-35-27-24-21-18-15-12-9-6-3)67-61(64)55-52-49-46-43-40-37-33-29-26-23-20-17-14-11-8-5-2/h7,10,15-16,18-19,24-25,27-28,31-32,36,39,58H,4-6,8-9,11-14,17,20-23,26,29-30,33-35,37-38,40-57H2,1-3H3/b10-7-,18-15-,19-16-,27-24-,28-25-,32-31-,39-36-/t58-/m1/s1. The summed E-state index contributed by atoms with van der Waals surface area (Å²) >= 11 is 0. The molecular weight excluding hydrogens is 829 g/mol. The van der Waals surface area contributed by atoms with Crippen molar-refractivity contribution >= 4 is 17.9 Å². The largest absolute Gasteiger partial charge is 0.462 e. The van der Waals surface area contributed by atoms with Gasteiger partial charge in [-0.05, 0) is 89.9 Å². The van der Waals surface area contributed by atoms with Gasteiger partial charge in [-0.1, -0.05) is 241 Å². The molecule has 0 spiro atoms. The highest BCUT2D eigenvalue weighted by Gasteiger charge is 2.19. The van der Waals surface area contributed by atoms with Gasteiger partial charge in [0.1, 0.15) is 13.2 Å². The van der Waals surface area contributed by atoms with E-state index >= 15 is 0 Å². The molecule has 6 heteroatoms. The van der Waals surface area contributed by atoms with Crippen LogP contribution >= 0.6 is 0 Å². The first-order chi connectivity index (χ1) is 33.0. The SMILES string of the molecule is CC/C=C\C/C=C\C/C=C\C/C=C\C/C=C\CCCCCC(=O)OC[C@@H](COC(=O)CCCCCCC/C=C\C/C=C\CCCC)OC(=O)CCCCCCCCCCCCCCCCCC. The van der Waals surface area contributed by atoms with Crippen molar-refractivity contribution < 1.29 is 28.6 Å². The van der Waals surface area contributed by atoms with Crippen LogP contribution in [0.5, 0.6) is 0 Å². The van der Waals surface area contributed by atoms with E-state index in [-0.39, 0.29) is 31.1 Å². The number of allylic oxidation sites excluding steroid dienone is 14. The molecule has 0 saturated carbocycles. The Labute approximate surface area is 414 Å². The molecule has 0 aliphatic heterocycles. The Morgan fingerprint density at radius 2 is 0.597 bits per heavy atom. The van der Waals surface area contributed by atoms with E-state index in [1.807, 2.05) is 0 Å². The van der Waals surface area contributed by atoms with Crippen molar-refractivity contribution in [3.05, 3.63) is 85.1 Å². The van der Waals surface area contributed by atoms with Crippen molar-refractivity contribution in [2.75, 3.05) is 13.2 Å². The van der Waals surface area contributed by atoms with Gasteiger partial charge in [0.15, 0.2) is 6.10 Å². The van der Waals surface area contributed by atoms with Crippen LogP contribution in [0.25, 0.3) is 0 Å². The third-order valence-corrected chi connectivity index (χ3v) is 11.9. The van der Waals surface area contributed by atoms with E-state index in [1.54, 1.807) is 0 Å². The van der Waals surface area contributed by atoms with Crippen LogP contribution in [0.15, 0.2) is 85.1 Å². The highest BCUT2D eigenvalue weighted by Crippen LogP contribution is 2.15. The molecule has 0 bridgehead atoms. The van der Waals surface area contributed by atoms with Crippen molar-refractivity contribution in [2.24, 2.45) is 0 Å². The number of carbonyl (C=O) groups is 3. The first-order valence-electron chi connectivity index (χ1n) is 28.1. The molecule has 1 atom stereocenters. The molecule has 0 N–H and O–H groups in total. The lowest BCUT2D eigenvalue weighted by Gasteiger charge is -2.18. The number of rotatable bonds is 50. The number of carbonyl (C=O) groups excluding carboxylic acids is 3. The Morgan fingerprint density at radius 3 is 0.970 bits per heavy atom. The van der Waals surface area contributed by atoms with Gasteiger partial charge in [0.25, 0.3) is 0 Å². The summed E-state index contributed by atoms with van der Waals surface area (Å²) in [5.74, 6) is -0.932. The van der Waals surface area contributed by atoms with E-state index in [9.17, 15) is 14.4 Å². The topological polar surface area (TPSA) is 78.9 Å². The second-order valence-corrected chi connectivity index (χ2v) is 18.5. The minimum Gasteiger partial charge on any atom is -0.462 e. The predicted octanol–water partition coefficient (Wildman–Crippen LogP) is 18.8. The molecule has 0 radical (unpaired) electrons. The first-order valence-corrected chi connectivity index (χ1v) is 28.1. The van der Waals surface area contributed by atoms with Crippen LogP contribution in [-0.4, -0.2) is 37.2 Å². The monoisotopic (exact) mass is 933 g/mol. The fourth-order valence-electron chi connectivity index (χ4n) is 7.66. The fourth-order valence-corrected chi connectivity index (χ4v) is 7.66. The number of ether oxygens (including phenoxy) is 3. The fraction of sp³-hybridized carbons (Fsp3) is 0.721. The molecular formula is C61H104O6. The molecule has 0 heterocycles. The lowest BCUT2D eigenvalue weighted by Crippen LogP contribution is -2.30. The molecule has 0 rings (SSSR count). The smallest absolute Gasteiger partial charge is 0.306 e. The number of hydrogen-bond donors (Lipinski definition) is 0. The third kappa shape index (κ3) is 53.4. The predicted molar refractivity (Wildman–Crippen MR) is 288 cm³/mol. The van der Waals surface area contributed by atoms with E-state index in [0.29, 0.717) is 19.3 Å². The van der Waals surface area contributed by atoms with Crippen molar-refractivity contribution in [3.8, 4) is 0 Å². The number of esters is 3. The van der Waals surface area contributed by atoms with Crippen LogP contribution in [0.1, 0.15) is 265 Å². The van der Waals surface area contributed by atoms with Gasteiger partial charge in [0.2, 0.25) is 0 Å². The average Bonchev–Trinajstić information content (AvgIpc) is 3.33. The lowest BCUT2D eigenvalue weighted by molar-refractivity contribution is -0.167. The maximum Gasteiger partial charge on any atom is 0.306 e. The van der Waals surface area contributed by atoms with Crippen molar-refractivity contribution in [3.63, 3.8) is 0 Å². The summed E-state index contributed by atoms with van der Waals surface area (Å²) in [4.78, 5) is 38.1. The van der Waals surface area contributed by atoms with Gasteiger partial charge in [0.05, 0.1) is 0 Å². The van der Waals surface area contributed by atoms with Gasteiger partial charge >= 0.3 is 17.9 Å². The zero-order valence-electron chi connectivity index (χ0n) is 43.9. The van der Waals surface area contributed by atoms with E-state index in [1.165, 1.54) is 103 Å². The molecule has 0 unspecified atom stereocenters. The van der Waals surface area contributed by atoms with Crippen LogP contribution in [0.2, 0.25) is 0 Å². The Balaban J connectivity index is 4.45. The summed E-state index contributed by atoms with van der Waals surface area (Å²) in [5, 5.41) is 0. The number of unbranched alkanes of at least 4 members (excludes halogenated alkanes) is 25. The van der Waals surface area contributed by atoms with E-state index in [2.05, 4.69) is 106 Å². The zero-order chi connectivity index (χ0) is 48.6. The average molecular weight is 933 g/mol. The third-order valence-electron chi connectivity index (χ3n) is 11.9. The van der Waals surface area contributed by atoms with Gasteiger partial charge in [-0.3, -0.25) is 14.4 Å². The van der Waals surface area contributed by atoms with Crippen LogP contribution in [-0.2, 0) is 28.6 Å². The van der Waals surface area contributed by atoms with Crippen LogP contribution in [0.4, 0.5) is 0 Å². The highest BCUT2D eigenvalue weighted by atomic mass is 16.6. The Morgan fingerprint density at radius 1 is 0.313 bits per heavy atom. The quantitative estimate of drug-likeness (QED) is 0.0262. The van der Waals surface area contributed by atoms with E-state index < -0.39 is 6.10 Å². The van der Waals surface area contributed by atoms with Gasteiger partial charge < -0.3 is 14.2 Å². The second kappa shape index (κ2) is 55.2. The van der Waals surface area contributed by atoms with Crippen LogP contribution in [0.3, 0.4) is 0 Å². The molecule has 0 saturated heterocycles. The van der Waals surface area contributed by atoms with Crippen LogP contribution in [0, 0.1) is 0 Å². The summed E-state index contributed by atoms with van der Waals surface area (Å²) < 4.78 is 16.8. The van der Waals surface area contributed by atoms with Gasteiger partial charge in [-0.15, -0.1) is 0 Å². The molecule has 384 valence electrons. The van der Waals surface area contributed by atoms with Gasteiger partial charge in [-0.2, -0.15) is 0 Å². The maximum absolute atomic E-state index is 12.8. The summed E-state index contributed by atoms with van der Waals surface area (Å²) in [6, 6.07) is 0. The molecule has 6 nitrogen and oxygen atoms in total. The zero-order valence-corrected chi connectivity index (χ0v) is 43.9. The molecule has 0 aliphatic rings. The Hall–Kier alpha value is -3.41. The summed E-state index contributed by atoms with van der Waals surface area (Å²) in [7, 11) is 0. The minimum atomic E-state index is -0.795. The van der Waals surface area contributed by atoms with Crippen molar-refractivity contribution in [1.82, 2.24) is 0 Å². The molecule has 0 aromatic carbocycles. The molecule has 0 amide bonds. The van der Waals surface area contributed by atoms with Gasteiger partial charge in [0, 0.05) is 19.3 Å². The second-order valence-electron chi connectivity index (χ2n) is 18.5. The van der Waals surface area contributed by atoms with E-state index in [0.717, 1.165) is 122 Å². The normalized spacial score (nSPS) is 12.7. The lowest BCUT2D eigenvalue weighted by atomic mass is 10.0. The molecule has 67 heavy (non-hydrogen) atoms. The highest BCUT2D eigenvalue weighted by molar-refractivity contribution is 5.71. The summed E-state index contributed by atoms with van der Waals surface area (Å²) in [6.45, 7) is 6.46.